The lowest BCUT2D eigenvalue weighted by atomic mass is 9.95. The summed E-state index contributed by atoms with van der Waals surface area (Å²) in [6, 6.07) is 0. The molecule has 1 saturated carbocycles. The van der Waals surface area contributed by atoms with E-state index in [0.29, 0.717) is 22.6 Å². The molecule has 2 N–H and O–H groups in total. The Bertz CT molecular complexity index is 127. The molecule has 0 aliphatic heterocycles. The lowest BCUT2D eigenvalue weighted by Crippen LogP contribution is -2.40. The van der Waals surface area contributed by atoms with Crippen molar-refractivity contribution in [3.63, 3.8) is 0 Å². The number of rotatable bonds is 1. The third-order valence-electron chi connectivity index (χ3n) is 2.33. The van der Waals surface area contributed by atoms with Gasteiger partial charge in [0.05, 0.1) is 18.6 Å². The van der Waals surface area contributed by atoms with Crippen molar-refractivity contribution in [3.05, 3.63) is 0 Å². The lowest BCUT2D eigenvalue weighted by Gasteiger charge is -2.27. The Labute approximate surface area is 71.0 Å². The van der Waals surface area contributed by atoms with Crippen LogP contribution in [0.25, 0.3) is 0 Å². The summed E-state index contributed by atoms with van der Waals surface area (Å²) in [6.07, 6.45) is 6.22. The van der Waals surface area contributed by atoms with Crippen LogP contribution in [0.1, 0.15) is 19.3 Å². The van der Waals surface area contributed by atoms with Crippen molar-refractivity contribution in [2.24, 2.45) is 0 Å². The van der Waals surface area contributed by atoms with Gasteiger partial charge < -0.3 is 10.2 Å². The first-order chi connectivity index (χ1) is 5.11. The SMILES string of the molecule is C[S+](C)C1CCC(O)CC1O. The first-order valence-corrected chi connectivity index (χ1v) is 6.14. The molecule has 0 aromatic heterocycles. The molecule has 3 atom stereocenters. The van der Waals surface area contributed by atoms with E-state index in [4.69, 9.17) is 0 Å². The maximum atomic E-state index is 9.56. The zero-order chi connectivity index (χ0) is 8.43. The first kappa shape index (κ1) is 9.36. The van der Waals surface area contributed by atoms with Gasteiger partial charge in [-0.25, -0.2) is 0 Å². The molecule has 1 aliphatic carbocycles. The molecule has 3 heteroatoms. The molecule has 1 rings (SSSR count). The average Bonchev–Trinajstić information content (AvgIpc) is 1.85. The molecule has 0 heterocycles. The fraction of sp³-hybridized carbons (Fsp3) is 1.00. The lowest BCUT2D eigenvalue weighted by molar-refractivity contribution is 0.0445. The van der Waals surface area contributed by atoms with Crippen molar-refractivity contribution >= 4 is 10.9 Å². The zero-order valence-corrected chi connectivity index (χ0v) is 7.97. The van der Waals surface area contributed by atoms with Crippen molar-refractivity contribution in [1.82, 2.24) is 0 Å². The van der Waals surface area contributed by atoms with E-state index in [0.717, 1.165) is 12.8 Å². The van der Waals surface area contributed by atoms with E-state index in [1.807, 2.05) is 0 Å². The molecule has 0 radical (unpaired) electrons. The van der Waals surface area contributed by atoms with Gasteiger partial charge in [-0.15, -0.1) is 0 Å². The minimum Gasteiger partial charge on any atom is -0.393 e. The van der Waals surface area contributed by atoms with Gasteiger partial charge in [0.2, 0.25) is 0 Å². The zero-order valence-electron chi connectivity index (χ0n) is 7.16. The Kier molecular flexibility index (Phi) is 3.22. The summed E-state index contributed by atoms with van der Waals surface area (Å²) in [4.78, 5) is 0. The molecule has 1 fully saturated rings. The van der Waals surface area contributed by atoms with Crippen molar-refractivity contribution in [2.75, 3.05) is 12.5 Å². The van der Waals surface area contributed by atoms with Gasteiger partial charge in [0, 0.05) is 6.42 Å². The molecule has 0 amide bonds. The van der Waals surface area contributed by atoms with Gasteiger partial charge in [-0.3, -0.25) is 0 Å². The molecular weight excluding hydrogens is 160 g/mol. The van der Waals surface area contributed by atoms with Crippen LogP contribution in [-0.2, 0) is 10.9 Å². The molecule has 3 unspecified atom stereocenters. The fourth-order valence-corrected chi connectivity index (χ4v) is 2.99. The second-order valence-corrected chi connectivity index (χ2v) is 5.82. The summed E-state index contributed by atoms with van der Waals surface area (Å²) in [6.45, 7) is 0. The molecular formula is C8H17O2S+. The maximum absolute atomic E-state index is 9.56. The average molecular weight is 177 g/mol. The Hall–Kier alpha value is 0.270. The monoisotopic (exact) mass is 177 g/mol. The topological polar surface area (TPSA) is 40.5 Å². The van der Waals surface area contributed by atoms with Crippen LogP contribution in [0.3, 0.4) is 0 Å². The Morgan fingerprint density at radius 3 is 2.27 bits per heavy atom. The molecule has 0 bridgehead atoms. The van der Waals surface area contributed by atoms with E-state index in [9.17, 15) is 10.2 Å². The van der Waals surface area contributed by atoms with Gasteiger partial charge in [0.1, 0.15) is 11.4 Å². The predicted octanol–water partition coefficient (Wildman–Crippen LogP) is 0.139. The molecule has 0 saturated heterocycles. The smallest absolute Gasteiger partial charge is 0.143 e. The number of hydrogen-bond acceptors (Lipinski definition) is 2. The van der Waals surface area contributed by atoms with Gasteiger partial charge in [0.15, 0.2) is 0 Å². The van der Waals surface area contributed by atoms with Crippen molar-refractivity contribution in [1.29, 1.82) is 0 Å². The summed E-state index contributed by atoms with van der Waals surface area (Å²) in [5, 5.41) is 19.2. The highest BCUT2D eigenvalue weighted by Gasteiger charge is 2.35. The molecule has 0 aromatic carbocycles. The number of hydrogen-bond donors (Lipinski definition) is 2. The van der Waals surface area contributed by atoms with Crippen molar-refractivity contribution in [3.8, 4) is 0 Å². The highest BCUT2D eigenvalue weighted by atomic mass is 32.2. The van der Waals surface area contributed by atoms with E-state index in [1.54, 1.807) is 0 Å². The van der Waals surface area contributed by atoms with Crippen LogP contribution in [0.4, 0.5) is 0 Å². The Morgan fingerprint density at radius 2 is 1.82 bits per heavy atom. The summed E-state index contributed by atoms with van der Waals surface area (Å²) in [5.74, 6) is 0. The first-order valence-electron chi connectivity index (χ1n) is 4.03. The summed E-state index contributed by atoms with van der Waals surface area (Å²) >= 11 is 0. The van der Waals surface area contributed by atoms with Gasteiger partial charge in [-0.2, -0.15) is 0 Å². The van der Waals surface area contributed by atoms with E-state index in [1.165, 1.54) is 0 Å². The van der Waals surface area contributed by atoms with E-state index < -0.39 is 0 Å². The second-order valence-electron chi connectivity index (χ2n) is 3.45. The standard InChI is InChI=1S/C8H17O2S/c1-11(2)8-4-3-6(9)5-7(8)10/h6-10H,3-5H2,1-2H3/q+1. The quantitative estimate of drug-likeness (QED) is 0.559. The van der Waals surface area contributed by atoms with Gasteiger partial charge >= 0.3 is 0 Å². The fourth-order valence-electron chi connectivity index (χ4n) is 1.65. The highest BCUT2D eigenvalue weighted by molar-refractivity contribution is 7.96. The van der Waals surface area contributed by atoms with E-state index >= 15 is 0 Å². The van der Waals surface area contributed by atoms with Crippen LogP contribution >= 0.6 is 0 Å². The molecule has 2 nitrogen and oxygen atoms in total. The van der Waals surface area contributed by atoms with Crippen LogP contribution in [0.5, 0.6) is 0 Å². The summed E-state index contributed by atoms with van der Waals surface area (Å²) in [5.41, 5.74) is 0. The number of aliphatic hydroxyl groups is 2. The third-order valence-corrected chi connectivity index (χ3v) is 4.09. The van der Waals surface area contributed by atoms with E-state index in [-0.39, 0.29) is 12.2 Å². The minimum atomic E-state index is -0.267. The Morgan fingerprint density at radius 1 is 1.18 bits per heavy atom. The largest absolute Gasteiger partial charge is 0.393 e. The van der Waals surface area contributed by atoms with E-state index in [2.05, 4.69) is 12.5 Å². The maximum Gasteiger partial charge on any atom is 0.143 e. The Balaban J connectivity index is 2.44. The molecule has 1 aliphatic rings. The second kappa shape index (κ2) is 3.78. The third kappa shape index (κ3) is 2.36. The highest BCUT2D eigenvalue weighted by Crippen LogP contribution is 2.24. The molecule has 0 aromatic rings. The van der Waals surface area contributed by atoms with Crippen LogP contribution in [-0.4, -0.2) is 40.2 Å². The summed E-state index contributed by atoms with van der Waals surface area (Å²) < 4.78 is 0. The molecule has 66 valence electrons. The van der Waals surface area contributed by atoms with Crippen molar-refractivity contribution < 1.29 is 10.2 Å². The molecule has 0 spiro atoms. The van der Waals surface area contributed by atoms with Gasteiger partial charge in [-0.1, -0.05) is 0 Å². The normalized spacial score (nSPS) is 39.5. The van der Waals surface area contributed by atoms with Crippen molar-refractivity contribution in [2.45, 2.75) is 36.7 Å². The summed E-state index contributed by atoms with van der Waals surface area (Å²) in [7, 11) is 0.292. The van der Waals surface area contributed by atoms with Gasteiger partial charge in [-0.05, 0) is 23.7 Å². The van der Waals surface area contributed by atoms with Crippen LogP contribution < -0.4 is 0 Å². The van der Waals surface area contributed by atoms with Crippen LogP contribution in [0.15, 0.2) is 0 Å². The predicted molar refractivity (Wildman–Crippen MR) is 48.9 cm³/mol. The van der Waals surface area contributed by atoms with Crippen LogP contribution in [0, 0.1) is 0 Å². The minimum absolute atomic E-state index is 0.259. The molecule has 11 heavy (non-hydrogen) atoms. The number of aliphatic hydroxyl groups excluding tert-OH is 2. The van der Waals surface area contributed by atoms with Crippen LogP contribution in [0.2, 0.25) is 0 Å². The van der Waals surface area contributed by atoms with Gasteiger partial charge in [0.25, 0.3) is 0 Å².